The molecule has 0 aliphatic heterocycles. The van der Waals surface area contributed by atoms with E-state index in [-0.39, 0.29) is 0 Å². The fourth-order valence-corrected chi connectivity index (χ4v) is 2.71. The van der Waals surface area contributed by atoms with Crippen molar-refractivity contribution in [2.75, 3.05) is 6.61 Å². The topological polar surface area (TPSA) is 29.5 Å². The first-order chi connectivity index (χ1) is 10.8. The molecule has 2 heteroatoms. The lowest BCUT2D eigenvalue weighted by Gasteiger charge is -2.09. The van der Waals surface area contributed by atoms with Crippen molar-refractivity contribution in [3.8, 4) is 11.5 Å². The third-order valence-electron chi connectivity index (χ3n) is 4.26. The van der Waals surface area contributed by atoms with Gasteiger partial charge in [0.1, 0.15) is 11.5 Å². The average Bonchev–Trinajstić information content (AvgIpc) is 2.52. The van der Waals surface area contributed by atoms with Crippen LogP contribution in [0.25, 0.3) is 0 Å². The van der Waals surface area contributed by atoms with Crippen LogP contribution in [0.1, 0.15) is 83.1 Å². The molecule has 1 aromatic carbocycles. The molecule has 0 bridgehead atoms. The summed E-state index contributed by atoms with van der Waals surface area (Å²) in [5, 5.41) is 9.61. The van der Waals surface area contributed by atoms with Crippen LogP contribution in [0.4, 0.5) is 0 Å². The van der Waals surface area contributed by atoms with E-state index in [0.29, 0.717) is 5.75 Å². The molecule has 0 heterocycles. The van der Waals surface area contributed by atoms with E-state index in [4.69, 9.17) is 4.74 Å². The van der Waals surface area contributed by atoms with E-state index >= 15 is 0 Å². The van der Waals surface area contributed by atoms with Crippen molar-refractivity contribution >= 4 is 0 Å². The molecule has 0 amide bonds. The summed E-state index contributed by atoms with van der Waals surface area (Å²) < 4.78 is 5.74. The molecule has 0 aromatic heterocycles. The Morgan fingerprint density at radius 2 is 1.36 bits per heavy atom. The first-order valence-corrected chi connectivity index (χ1v) is 9.17. The molecule has 2 nitrogen and oxygen atoms in total. The molecule has 0 aliphatic carbocycles. The summed E-state index contributed by atoms with van der Waals surface area (Å²) in [6, 6.07) is 5.45. The number of ether oxygens (including phenoxy) is 1. The molecule has 22 heavy (non-hydrogen) atoms. The lowest BCUT2D eigenvalue weighted by atomic mass is 10.1. The molecule has 0 radical (unpaired) electrons. The van der Waals surface area contributed by atoms with Gasteiger partial charge in [-0.1, -0.05) is 77.2 Å². The Hall–Kier alpha value is -1.18. The standard InChI is InChI=1S/C20H34O2/c1-3-4-5-6-7-8-9-10-11-12-13-17-22-20-16-14-15-19(21)18(20)2/h14-16,21H,3-13,17H2,1-2H3. The minimum absolute atomic E-state index is 0.316. The molecule has 1 aromatic rings. The largest absolute Gasteiger partial charge is 0.508 e. The Kier molecular flexibility index (Phi) is 10.6. The number of phenols is 1. The molecule has 0 atom stereocenters. The monoisotopic (exact) mass is 306 g/mol. The lowest BCUT2D eigenvalue weighted by molar-refractivity contribution is 0.300. The number of hydrogen-bond donors (Lipinski definition) is 1. The maximum absolute atomic E-state index is 9.61. The van der Waals surface area contributed by atoms with E-state index in [0.717, 1.165) is 24.3 Å². The summed E-state index contributed by atoms with van der Waals surface area (Å²) >= 11 is 0. The molecule has 1 rings (SSSR count). The van der Waals surface area contributed by atoms with Crippen molar-refractivity contribution in [3.63, 3.8) is 0 Å². The number of aromatic hydroxyl groups is 1. The zero-order chi connectivity index (χ0) is 16.0. The molecule has 0 aliphatic rings. The summed E-state index contributed by atoms with van der Waals surface area (Å²) in [5.74, 6) is 1.13. The molecule has 0 unspecified atom stereocenters. The highest BCUT2D eigenvalue weighted by Gasteiger charge is 2.02. The van der Waals surface area contributed by atoms with Crippen molar-refractivity contribution in [1.82, 2.24) is 0 Å². The van der Waals surface area contributed by atoms with Gasteiger partial charge in [-0.3, -0.25) is 0 Å². The molecule has 0 saturated carbocycles. The van der Waals surface area contributed by atoms with Crippen LogP contribution in [0.3, 0.4) is 0 Å². The van der Waals surface area contributed by atoms with Gasteiger partial charge >= 0.3 is 0 Å². The van der Waals surface area contributed by atoms with E-state index < -0.39 is 0 Å². The molecule has 0 fully saturated rings. The SMILES string of the molecule is CCCCCCCCCCCCCOc1cccc(O)c1C. The van der Waals surface area contributed by atoms with Crippen molar-refractivity contribution in [1.29, 1.82) is 0 Å². The van der Waals surface area contributed by atoms with Crippen molar-refractivity contribution in [2.24, 2.45) is 0 Å². The fraction of sp³-hybridized carbons (Fsp3) is 0.700. The van der Waals surface area contributed by atoms with Crippen molar-refractivity contribution < 1.29 is 9.84 Å². The van der Waals surface area contributed by atoms with Crippen LogP contribution in [0.5, 0.6) is 11.5 Å². The number of hydrogen-bond acceptors (Lipinski definition) is 2. The third kappa shape index (κ3) is 8.31. The second-order valence-electron chi connectivity index (χ2n) is 6.28. The Bertz CT molecular complexity index is 387. The highest BCUT2D eigenvalue weighted by molar-refractivity contribution is 5.42. The van der Waals surface area contributed by atoms with Crippen molar-refractivity contribution in [2.45, 2.75) is 84.5 Å². The Balaban J connectivity index is 1.90. The quantitative estimate of drug-likeness (QED) is 0.428. The molecular weight excluding hydrogens is 272 g/mol. The van der Waals surface area contributed by atoms with Crippen LogP contribution in [0.2, 0.25) is 0 Å². The van der Waals surface area contributed by atoms with Crippen molar-refractivity contribution in [3.05, 3.63) is 23.8 Å². The summed E-state index contributed by atoms with van der Waals surface area (Å²) in [6.07, 6.45) is 14.8. The zero-order valence-corrected chi connectivity index (χ0v) is 14.6. The van der Waals surface area contributed by atoms with E-state index in [9.17, 15) is 5.11 Å². The van der Waals surface area contributed by atoms with Gasteiger partial charge in [-0.15, -0.1) is 0 Å². The van der Waals surface area contributed by atoms with E-state index in [1.807, 2.05) is 19.1 Å². The fourth-order valence-electron chi connectivity index (χ4n) is 2.71. The van der Waals surface area contributed by atoms with Gasteiger partial charge in [0, 0.05) is 5.56 Å². The summed E-state index contributed by atoms with van der Waals surface area (Å²) in [7, 11) is 0. The zero-order valence-electron chi connectivity index (χ0n) is 14.6. The highest BCUT2D eigenvalue weighted by atomic mass is 16.5. The summed E-state index contributed by atoms with van der Waals surface area (Å²) in [4.78, 5) is 0. The van der Waals surface area contributed by atoms with Gasteiger partial charge in [0.25, 0.3) is 0 Å². The van der Waals surface area contributed by atoms with Crippen LogP contribution in [-0.4, -0.2) is 11.7 Å². The summed E-state index contributed by atoms with van der Waals surface area (Å²) in [6.45, 7) is 4.91. The minimum Gasteiger partial charge on any atom is -0.508 e. The molecule has 0 saturated heterocycles. The third-order valence-corrected chi connectivity index (χ3v) is 4.26. The molecular formula is C20H34O2. The Morgan fingerprint density at radius 1 is 0.818 bits per heavy atom. The van der Waals surface area contributed by atoms with Crippen LogP contribution in [0, 0.1) is 6.92 Å². The maximum Gasteiger partial charge on any atom is 0.125 e. The second kappa shape index (κ2) is 12.4. The number of phenolic OH excluding ortho intramolecular Hbond substituents is 1. The maximum atomic E-state index is 9.61. The van der Waals surface area contributed by atoms with Crippen LogP contribution in [-0.2, 0) is 0 Å². The average molecular weight is 306 g/mol. The van der Waals surface area contributed by atoms with Crippen LogP contribution >= 0.6 is 0 Å². The smallest absolute Gasteiger partial charge is 0.125 e. The van der Waals surface area contributed by atoms with E-state index in [2.05, 4.69) is 6.92 Å². The van der Waals surface area contributed by atoms with Gasteiger partial charge in [-0.05, 0) is 25.5 Å². The first kappa shape index (κ1) is 18.9. The van der Waals surface area contributed by atoms with E-state index in [1.54, 1.807) is 6.07 Å². The van der Waals surface area contributed by atoms with Gasteiger partial charge in [0.2, 0.25) is 0 Å². The second-order valence-corrected chi connectivity index (χ2v) is 6.28. The van der Waals surface area contributed by atoms with E-state index in [1.165, 1.54) is 64.2 Å². The predicted octanol–water partition coefficient (Wildman–Crippen LogP) is 6.39. The summed E-state index contributed by atoms with van der Waals surface area (Å²) in [5.41, 5.74) is 0.838. The number of unbranched alkanes of at least 4 members (excludes halogenated alkanes) is 10. The molecule has 1 N–H and O–H groups in total. The molecule has 126 valence electrons. The van der Waals surface area contributed by atoms with Gasteiger partial charge < -0.3 is 9.84 Å². The van der Waals surface area contributed by atoms with Gasteiger partial charge in [0.05, 0.1) is 6.61 Å². The highest BCUT2D eigenvalue weighted by Crippen LogP contribution is 2.26. The van der Waals surface area contributed by atoms with Gasteiger partial charge in [0.15, 0.2) is 0 Å². The van der Waals surface area contributed by atoms with Crippen LogP contribution < -0.4 is 4.74 Å². The Morgan fingerprint density at radius 3 is 1.95 bits per heavy atom. The predicted molar refractivity (Wildman–Crippen MR) is 94.8 cm³/mol. The minimum atomic E-state index is 0.316. The molecule has 0 spiro atoms. The number of benzene rings is 1. The first-order valence-electron chi connectivity index (χ1n) is 9.17. The Labute approximate surface area is 136 Å². The van der Waals surface area contributed by atoms with Crippen LogP contribution in [0.15, 0.2) is 18.2 Å². The lowest BCUT2D eigenvalue weighted by Crippen LogP contribution is -1.98. The van der Waals surface area contributed by atoms with Gasteiger partial charge in [-0.25, -0.2) is 0 Å². The van der Waals surface area contributed by atoms with Gasteiger partial charge in [-0.2, -0.15) is 0 Å². The number of rotatable bonds is 13. The normalized spacial score (nSPS) is 10.8.